The van der Waals surface area contributed by atoms with Gasteiger partial charge in [-0.15, -0.1) is 11.3 Å². The van der Waals surface area contributed by atoms with E-state index in [1.807, 2.05) is 6.92 Å². The van der Waals surface area contributed by atoms with Gasteiger partial charge in [-0.25, -0.2) is 4.98 Å². The van der Waals surface area contributed by atoms with E-state index in [-0.39, 0.29) is 17.7 Å². The summed E-state index contributed by atoms with van der Waals surface area (Å²) in [5.74, 6) is 0.367. The molecule has 23 heavy (non-hydrogen) atoms. The Hall–Kier alpha value is -1.47. The zero-order valence-electron chi connectivity index (χ0n) is 13.6. The third kappa shape index (κ3) is 4.09. The molecule has 6 nitrogen and oxygen atoms in total. The number of hydrogen-bond acceptors (Lipinski definition) is 5. The summed E-state index contributed by atoms with van der Waals surface area (Å²) < 4.78 is 0. The normalized spacial score (nSPS) is 18.1. The number of nitrogens with zero attached hydrogens (tertiary/aromatic N) is 2. The van der Waals surface area contributed by atoms with Gasteiger partial charge in [0.15, 0.2) is 5.13 Å². The smallest absolute Gasteiger partial charge is 0.234 e. The maximum Gasteiger partial charge on any atom is 0.234 e. The van der Waals surface area contributed by atoms with Gasteiger partial charge in [0, 0.05) is 36.9 Å². The van der Waals surface area contributed by atoms with E-state index >= 15 is 0 Å². The Kier molecular flexibility index (Phi) is 5.27. The van der Waals surface area contributed by atoms with Crippen molar-refractivity contribution >= 4 is 28.3 Å². The Morgan fingerprint density at radius 2 is 2.22 bits per heavy atom. The van der Waals surface area contributed by atoms with Crippen molar-refractivity contribution in [3.63, 3.8) is 0 Å². The summed E-state index contributed by atoms with van der Waals surface area (Å²) in [5, 5.41) is 6.58. The SMILES string of the molecule is CCCNC(=O)CN1CCc2nc(NC(=O)C3CCC3)sc2C1. The summed E-state index contributed by atoms with van der Waals surface area (Å²) in [6.45, 7) is 4.79. The molecule has 0 bridgehead atoms. The van der Waals surface area contributed by atoms with Crippen molar-refractivity contribution in [1.29, 1.82) is 0 Å². The van der Waals surface area contributed by atoms with Gasteiger partial charge in [0.1, 0.15) is 0 Å². The van der Waals surface area contributed by atoms with Crippen molar-refractivity contribution in [3.8, 4) is 0 Å². The summed E-state index contributed by atoms with van der Waals surface area (Å²) in [4.78, 5) is 31.7. The number of nitrogens with one attached hydrogen (secondary N) is 2. The highest BCUT2D eigenvalue weighted by molar-refractivity contribution is 7.15. The first kappa shape index (κ1) is 16.4. The van der Waals surface area contributed by atoms with E-state index in [4.69, 9.17) is 0 Å². The molecule has 2 N–H and O–H groups in total. The van der Waals surface area contributed by atoms with Gasteiger partial charge in [0.05, 0.1) is 12.2 Å². The van der Waals surface area contributed by atoms with Gasteiger partial charge in [-0.05, 0) is 19.3 Å². The average molecular weight is 336 g/mol. The molecule has 1 aliphatic carbocycles. The molecule has 0 unspecified atom stereocenters. The number of thiazole rings is 1. The summed E-state index contributed by atoms with van der Waals surface area (Å²) in [7, 11) is 0. The molecular weight excluding hydrogens is 312 g/mol. The Balaban J connectivity index is 1.54. The molecule has 7 heteroatoms. The summed E-state index contributed by atoms with van der Waals surface area (Å²) in [6.07, 6.45) is 4.94. The molecule has 1 aliphatic heterocycles. The number of rotatable bonds is 6. The van der Waals surface area contributed by atoms with Crippen LogP contribution in [-0.2, 0) is 22.6 Å². The number of anilines is 1. The van der Waals surface area contributed by atoms with Crippen LogP contribution in [0.5, 0.6) is 0 Å². The minimum Gasteiger partial charge on any atom is -0.355 e. The van der Waals surface area contributed by atoms with Gasteiger partial charge in [0.25, 0.3) is 0 Å². The van der Waals surface area contributed by atoms with Crippen molar-refractivity contribution in [1.82, 2.24) is 15.2 Å². The van der Waals surface area contributed by atoms with Gasteiger partial charge < -0.3 is 10.6 Å². The van der Waals surface area contributed by atoms with Crippen LogP contribution in [0.4, 0.5) is 5.13 Å². The Bertz CT molecular complexity index is 583. The molecule has 1 saturated carbocycles. The highest BCUT2D eigenvalue weighted by atomic mass is 32.1. The zero-order chi connectivity index (χ0) is 16.2. The van der Waals surface area contributed by atoms with Crippen LogP contribution >= 0.6 is 11.3 Å². The molecular formula is C16H24N4O2S. The van der Waals surface area contributed by atoms with Crippen molar-refractivity contribution in [2.75, 3.05) is 25.0 Å². The minimum atomic E-state index is 0.0818. The fourth-order valence-corrected chi connectivity index (χ4v) is 3.89. The monoisotopic (exact) mass is 336 g/mol. The molecule has 0 radical (unpaired) electrons. The first-order valence-electron chi connectivity index (χ1n) is 8.44. The summed E-state index contributed by atoms with van der Waals surface area (Å²) in [6, 6.07) is 0. The number of carbonyl (C=O) groups is 2. The quantitative estimate of drug-likeness (QED) is 0.830. The fourth-order valence-electron chi connectivity index (χ4n) is 2.84. The number of fused-ring (bicyclic) bond motifs is 1. The second-order valence-electron chi connectivity index (χ2n) is 6.32. The van der Waals surface area contributed by atoms with Crippen molar-refractivity contribution in [2.45, 2.75) is 45.6 Å². The van der Waals surface area contributed by atoms with Gasteiger partial charge >= 0.3 is 0 Å². The molecule has 2 amide bonds. The highest BCUT2D eigenvalue weighted by Gasteiger charge is 2.27. The maximum absolute atomic E-state index is 12.0. The molecule has 0 atom stereocenters. The first-order chi connectivity index (χ1) is 11.2. The molecule has 3 rings (SSSR count). The largest absolute Gasteiger partial charge is 0.355 e. The molecule has 1 fully saturated rings. The van der Waals surface area contributed by atoms with E-state index in [0.717, 1.165) is 57.4 Å². The van der Waals surface area contributed by atoms with Crippen molar-refractivity contribution in [3.05, 3.63) is 10.6 Å². The number of aromatic nitrogens is 1. The van der Waals surface area contributed by atoms with Crippen LogP contribution in [0.25, 0.3) is 0 Å². The lowest BCUT2D eigenvalue weighted by Gasteiger charge is -2.25. The number of carbonyl (C=O) groups excluding carboxylic acids is 2. The molecule has 0 saturated heterocycles. The minimum absolute atomic E-state index is 0.0818. The third-order valence-electron chi connectivity index (χ3n) is 4.46. The Morgan fingerprint density at radius 1 is 1.39 bits per heavy atom. The molecule has 0 aromatic carbocycles. The summed E-state index contributed by atoms with van der Waals surface area (Å²) >= 11 is 1.55. The van der Waals surface area contributed by atoms with Crippen LogP contribution in [0.2, 0.25) is 0 Å². The number of hydrogen-bond donors (Lipinski definition) is 2. The van der Waals surface area contributed by atoms with E-state index < -0.39 is 0 Å². The van der Waals surface area contributed by atoms with Crippen LogP contribution in [-0.4, -0.2) is 41.3 Å². The molecule has 126 valence electrons. The second kappa shape index (κ2) is 7.40. The molecule has 1 aromatic heterocycles. The standard InChI is InChI=1S/C16H24N4O2S/c1-2-7-17-14(21)10-20-8-6-12-13(9-20)23-16(18-12)19-15(22)11-4-3-5-11/h11H,2-10H2,1H3,(H,17,21)(H,18,19,22). The van der Waals surface area contributed by atoms with Gasteiger partial charge in [-0.2, -0.15) is 0 Å². The lowest BCUT2D eigenvalue weighted by Crippen LogP contribution is -2.39. The van der Waals surface area contributed by atoms with Crippen LogP contribution in [0, 0.1) is 5.92 Å². The van der Waals surface area contributed by atoms with Crippen LogP contribution in [0.15, 0.2) is 0 Å². The van der Waals surface area contributed by atoms with E-state index in [1.54, 1.807) is 11.3 Å². The lowest BCUT2D eigenvalue weighted by molar-refractivity contribution is -0.123. The Morgan fingerprint density at radius 3 is 2.91 bits per heavy atom. The summed E-state index contributed by atoms with van der Waals surface area (Å²) in [5.41, 5.74) is 1.07. The maximum atomic E-state index is 12.0. The van der Waals surface area contributed by atoms with Crippen LogP contribution in [0.3, 0.4) is 0 Å². The fraction of sp³-hybridized carbons (Fsp3) is 0.688. The highest BCUT2D eigenvalue weighted by Crippen LogP contribution is 2.31. The first-order valence-corrected chi connectivity index (χ1v) is 9.26. The zero-order valence-corrected chi connectivity index (χ0v) is 14.4. The van der Waals surface area contributed by atoms with Crippen LogP contribution < -0.4 is 10.6 Å². The van der Waals surface area contributed by atoms with Crippen molar-refractivity contribution in [2.24, 2.45) is 5.92 Å². The molecule has 1 aromatic rings. The third-order valence-corrected chi connectivity index (χ3v) is 5.45. The van der Waals surface area contributed by atoms with Gasteiger partial charge in [0.2, 0.25) is 11.8 Å². The number of amides is 2. The average Bonchev–Trinajstić information content (AvgIpc) is 2.84. The predicted octanol–water partition coefficient (Wildman–Crippen LogP) is 1.77. The van der Waals surface area contributed by atoms with Crippen molar-refractivity contribution < 1.29 is 9.59 Å². The Labute approximate surface area is 140 Å². The molecule has 0 spiro atoms. The van der Waals surface area contributed by atoms with E-state index in [1.165, 1.54) is 4.88 Å². The second-order valence-corrected chi connectivity index (χ2v) is 7.40. The van der Waals surface area contributed by atoms with Gasteiger partial charge in [-0.1, -0.05) is 13.3 Å². The molecule has 2 heterocycles. The van der Waals surface area contributed by atoms with E-state index in [9.17, 15) is 9.59 Å². The van der Waals surface area contributed by atoms with E-state index in [0.29, 0.717) is 11.7 Å². The lowest BCUT2D eigenvalue weighted by atomic mass is 9.85. The van der Waals surface area contributed by atoms with Crippen LogP contribution in [0.1, 0.15) is 43.2 Å². The predicted molar refractivity (Wildman–Crippen MR) is 90.4 cm³/mol. The molecule has 2 aliphatic rings. The topological polar surface area (TPSA) is 74.3 Å². The van der Waals surface area contributed by atoms with Gasteiger partial charge in [-0.3, -0.25) is 14.5 Å². The van der Waals surface area contributed by atoms with E-state index in [2.05, 4.69) is 20.5 Å².